The average Bonchev–Trinajstić information content (AvgIpc) is 1.58. The lowest BCUT2D eigenvalue weighted by atomic mass is 10.2. The van der Waals surface area contributed by atoms with E-state index in [4.69, 9.17) is 46.1 Å². The molecule has 1 aliphatic rings. The summed E-state index contributed by atoms with van der Waals surface area (Å²) in [6, 6.07) is 67.5. The summed E-state index contributed by atoms with van der Waals surface area (Å²) in [5.74, 6) is -0.502. The number of nitrogens with one attached hydrogen (secondary N) is 4. The number of nitrogens with two attached hydrogens (primary N) is 4. The van der Waals surface area contributed by atoms with E-state index in [0.717, 1.165) is 66.5 Å². The summed E-state index contributed by atoms with van der Waals surface area (Å²) in [6.07, 6.45) is -8.04. The van der Waals surface area contributed by atoms with Crippen LogP contribution in [0.1, 0.15) is 45.2 Å². The lowest BCUT2D eigenvalue weighted by Crippen LogP contribution is -2.30. The Bertz CT molecular complexity index is 8140. The van der Waals surface area contributed by atoms with Crippen LogP contribution in [0.25, 0.3) is 22.7 Å². The molecule has 0 aliphatic carbocycles. The number of azo groups is 4. The molecule has 11 aromatic carbocycles. The Hall–Kier alpha value is -15.7. The fraction of sp³-hybridized carbons (Fsp3) is 0.133. The third kappa shape index (κ3) is 23.4. The first-order valence-electron chi connectivity index (χ1n) is 41.4. The van der Waals surface area contributed by atoms with Gasteiger partial charge in [-0.25, -0.2) is 60.8 Å². The molecule has 0 saturated carbocycles. The molecular formula is C90H83Cl2F6N24O15S5-. The van der Waals surface area contributed by atoms with Crippen LogP contribution in [0.2, 0.25) is 10.0 Å². The van der Waals surface area contributed by atoms with E-state index in [1.54, 1.807) is 159 Å². The van der Waals surface area contributed by atoms with Crippen LogP contribution in [-0.4, -0.2) is 123 Å². The van der Waals surface area contributed by atoms with Crippen molar-refractivity contribution in [3.05, 3.63) is 342 Å². The number of hydrogen-bond acceptors (Lipinski definition) is 27. The van der Waals surface area contributed by atoms with Crippen molar-refractivity contribution in [2.45, 2.75) is 70.9 Å². The Balaban J connectivity index is 0.000000170. The van der Waals surface area contributed by atoms with E-state index in [-0.39, 0.29) is 122 Å². The number of para-hydroxylation sites is 4. The molecule has 1 aliphatic heterocycles. The van der Waals surface area contributed by atoms with Gasteiger partial charge in [0.15, 0.2) is 22.7 Å². The van der Waals surface area contributed by atoms with Crippen molar-refractivity contribution in [2.24, 2.45) is 40.9 Å². The minimum absolute atomic E-state index is 0. The molecule has 142 heavy (non-hydrogen) atoms. The number of sulfonamides is 4. The SMILES string of the molecule is C.CCN(c1ccc(C(F)(F)F)cc1)S(=O)(=O)c1ccccc1N=Nc1c(N)[nH]n(-c2cc(S(=O)(=O)[O-])ccc2Cl)c1=O.CCN(c1ccccc1)S(=O)(=O)c1ccccc1N=Nc1c(N)[nH]n(-c2ccccc2)c1=O.CN(c1ccc(Cl)cc1)S(=O)(=O)c1ccccc1N=Nc1c(N)[nH]n(-c2ccccc2)c1=O.Nc1[nH]n(-c2ccccc2)c(=O)c1N=Nc1cc(C(F)(F)F)ccc1S(=O)(=O)N1CCCC1. The first-order valence-corrected chi connectivity index (χ1v) is 49.3. The number of aromatic nitrogens is 8. The Morgan fingerprint density at radius 1 is 0.373 bits per heavy atom. The Labute approximate surface area is 815 Å². The fourth-order valence-corrected chi connectivity index (χ4v) is 20.7. The third-order valence-electron chi connectivity index (χ3n) is 20.7. The van der Waals surface area contributed by atoms with Gasteiger partial charge in [-0.2, -0.15) is 30.6 Å². The number of nitrogen functional groups attached to an aromatic ring is 4. The number of nitrogens with zero attached hydrogens (tertiary/aromatic N) is 16. The van der Waals surface area contributed by atoms with Gasteiger partial charge in [-0.05, 0) is 197 Å². The van der Waals surface area contributed by atoms with Crippen LogP contribution in [0.3, 0.4) is 0 Å². The molecule has 0 radical (unpaired) electrons. The zero-order valence-electron chi connectivity index (χ0n) is 73.5. The molecule has 12 N–H and O–H groups in total. The number of alkyl halides is 6. The van der Waals surface area contributed by atoms with Crippen LogP contribution in [0.5, 0.6) is 0 Å². The highest BCUT2D eigenvalue weighted by Crippen LogP contribution is 2.41. The summed E-state index contributed by atoms with van der Waals surface area (Å²) >= 11 is 12.0. The maximum atomic E-state index is 13.6. The van der Waals surface area contributed by atoms with Crippen LogP contribution in [-0.2, 0) is 62.6 Å². The Kier molecular flexibility index (Phi) is 32.4. The highest BCUT2D eigenvalue weighted by molar-refractivity contribution is 7.93. The van der Waals surface area contributed by atoms with E-state index >= 15 is 0 Å². The van der Waals surface area contributed by atoms with Crippen molar-refractivity contribution in [2.75, 3.05) is 69.1 Å². The summed E-state index contributed by atoms with van der Waals surface area (Å²) < 4.78 is 228. The van der Waals surface area contributed by atoms with E-state index in [1.165, 1.54) is 80.5 Å². The van der Waals surface area contributed by atoms with E-state index in [2.05, 4.69) is 61.3 Å². The minimum atomic E-state index is -4.89. The first-order chi connectivity index (χ1) is 66.9. The van der Waals surface area contributed by atoms with Gasteiger partial charge in [-0.15, -0.1) is 40.9 Å². The van der Waals surface area contributed by atoms with Gasteiger partial charge in [-0.3, -0.25) is 52.5 Å². The van der Waals surface area contributed by atoms with Gasteiger partial charge >= 0.3 is 34.6 Å². The van der Waals surface area contributed by atoms with Crippen molar-refractivity contribution in [1.29, 1.82) is 0 Å². The molecule has 740 valence electrons. The van der Waals surface area contributed by atoms with Crippen LogP contribution in [0, 0.1) is 0 Å². The fourth-order valence-electron chi connectivity index (χ4n) is 13.7. The molecule has 0 atom stereocenters. The number of aromatic amines is 4. The van der Waals surface area contributed by atoms with Gasteiger partial charge in [0.25, 0.3) is 30.1 Å². The highest BCUT2D eigenvalue weighted by atomic mass is 35.5. The molecular weight excluding hydrogens is 2000 g/mol. The monoisotopic (exact) mass is 2080 g/mol. The maximum Gasteiger partial charge on any atom is 0.416 e. The third-order valence-corrected chi connectivity index (χ3v) is 29.8. The van der Waals surface area contributed by atoms with Crippen molar-refractivity contribution in [1.82, 2.24) is 43.4 Å². The number of rotatable bonds is 26. The van der Waals surface area contributed by atoms with E-state index < -0.39 is 117 Å². The van der Waals surface area contributed by atoms with Gasteiger partial charge in [0.2, 0.25) is 10.0 Å². The van der Waals surface area contributed by atoms with Crippen molar-refractivity contribution < 1.29 is 73.0 Å². The normalized spacial score (nSPS) is 12.8. The topological polar surface area (TPSA) is 561 Å². The summed E-state index contributed by atoms with van der Waals surface area (Å²) in [5, 5.41) is 42.2. The molecule has 16 rings (SSSR count). The number of halogens is 8. The molecule has 0 spiro atoms. The quantitative estimate of drug-likeness (QED) is 0.0142. The van der Waals surface area contributed by atoms with Gasteiger partial charge < -0.3 is 27.5 Å². The lowest BCUT2D eigenvalue weighted by molar-refractivity contribution is -0.138. The molecule has 4 aromatic heterocycles. The molecule has 1 fully saturated rings. The van der Waals surface area contributed by atoms with Gasteiger partial charge in [0.1, 0.15) is 75.7 Å². The van der Waals surface area contributed by atoms with E-state index in [0.29, 0.717) is 58.4 Å². The first kappa shape index (κ1) is 105. The Morgan fingerprint density at radius 3 is 1.07 bits per heavy atom. The second-order valence-corrected chi connectivity index (χ2v) is 39.5. The van der Waals surface area contributed by atoms with E-state index in [9.17, 15) is 92.2 Å². The van der Waals surface area contributed by atoms with Crippen LogP contribution in [0.4, 0.5) is 112 Å². The predicted octanol–water partition coefficient (Wildman–Crippen LogP) is 18.6. The second kappa shape index (κ2) is 43.8. The van der Waals surface area contributed by atoms with Crippen LogP contribution in [0.15, 0.2) is 364 Å². The summed E-state index contributed by atoms with van der Waals surface area (Å²) in [6.45, 7) is 3.83. The standard InChI is InChI=1S/C24H20ClF3N6O6S2.C23H22N6O3S.C22H19ClN6O3S.C20H19F3N6O3S.CH4/c1-2-33(15-9-7-14(8-10-15)24(26,27)28)41(36,37)20-6-4-3-5-18(20)30-31-21-22(29)32-34(23(21)35)19-13-16(42(38,39)40)11-12-17(19)25;1-2-28(17-11-5-3-6-12-17)33(31,32)20-16-10-9-15-19(20)25-26-21-22(24)27-29(23(21)30)18-13-7-4-8-14-18;1-28(16-13-11-15(23)12-14-16)33(31,32)19-10-6-5-9-18(19)25-26-20-21(24)27-29(22(20)30)17-7-3-2-4-8-17;21-20(22,23)13-8-9-16(33(31,32)28-10-4-5-11-28)15(12-13)25-26-17-18(24)27-29(19(17)30)14-6-2-1-3-7-14;/h3-13,32H,2,29H2,1H3,(H,38,39,40);3-16,27H,2,24H2,1H3;2-14,27H,24H2,1H3;1-3,6-9,12,27H,4-5,10-11,24H2;1H4/p-1. The predicted molar refractivity (Wildman–Crippen MR) is 524 cm³/mol. The zero-order valence-corrected chi connectivity index (χ0v) is 79.0. The molecule has 52 heteroatoms. The zero-order chi connectivity index (χ0) is 102. The molecule has 5 heterocycles. The summed E-state index contributed by atoms with van der Waals surface area (Å²) in [4.78, 5) is 49.8. The number of hydrogen-bond donors (Lipinski definition) is 8. The van der Waals surface area contributed by atoms with E-state index in [1.807, 2.05) is 18.2 Å². The van der Waals surface area contributed by atoms with Gasteiger partial charge in [0.05, 0.1) is 60.9 Å². The summed E-state index contributed by atoms with van der Waals surface area (Å²) in [7, 11) is -19.9. The number of benzene rings is 11. The van der Waals surface area contributed by atoms with Crippen LogP contribution < -0.4 is 58.1 Å². The lowest BCUT2D eigenvalue weighted by Gasteiger charge is -2.23. The second-order valence-electron chi connectivity index (χ2n) is 29.8. The van der Waals surface area contributed by atoms with Gasteiger partial charge in [-0.1, -0.05) is 140 Å². The largest absolute Gasteiger partial charge is 0.744 e. The molecule has 1 saturated heterocycles. The minimum Gasteiger partial charge on any atom is -0.744 e. The van der Waals surface area contributed by atoms with Crippen molar-refractivity contribution >= 4 is 159 Å². The Morgan fingerprint density at radius 2 is 0.697 bits per heavy atom. The van der Waals surface area contributed by atoms with Crippen molar-refractivity contribution in [3.8, 4) is 22.7 Å². The molecule has 0 bridgehead atoms. The number of anilines is 7. The summed E-state index contributed by atoms with van der Waals surface area (Å²) in [5.41, 5.74) is 19.5. The molecule has 39 nitrogen and oxygen atoms in total. The molecule has 15 aromatic rings. The molecule has 0 unspecified atom stereocenters. The van der Waals surface area contributed by atoms with Gasteiger partial charge in [0, 0.05) is 38.2 Å². The van der Waals surface area contributed by atoms with Crippen molar-refractivity contribution in [3.63, 3.8) is 0 Å². The maximum absolute atomic E-state index is 13.6. The average molecular weight is 2090 g/mol. The smallest absolute Gasteiger partial charge is 0.416 e. The number of H-pyrrole nitrogens is 4. The molecule has 0 amide bonds. The highest BCUT2D eigenvalue weighted by Gasteiger charge is 2.37. The van der Waals surface area contributed by atoms with Crippen LogP contribution >= 0.6 is 23.2 Å².